The highest BCUT2D eigenvalue weighted by molar-refractivity contribution is 9.10. The topological polar surface area (TPSA) is 33.4 Å². The predicted octanol–water partition coefficient (Wildman–Crippen LogP) is 3.25. The molecular weight excluding hydrogens is 244 g/mol. The summed E-state index contributed by atoms with van der Waals surface area (Å²) in [6.07, 6.45) is 0.874. The van der Waals surface area contributed by atoms with Crippen molar-refractivity contribution in [3.05, 3.63) is 34.0 Å². The zero-order valence-electron chi connectivity index (χ0n) is 7.88. The van der Waals surface area contributed by atoms with Crippen molar-refractivity contribution < 1.29 is 9.52 Å². The van der Waals surface area contributed by atoms with Gasteiger partial charge in [-0.2, -0.15) is 0 Å². The summed E-state index contributed by atoms with van der Waals surface area (Å²) in [6, 6.07) is 5.88. The van der Waals surface area contributed by atoms with Gasteiger partial charge in [-0.15, -0.1) is 0 Å². The van der Waals surface area contributed by atoms with E-state index in [9.17, 15) is 0 Å². The number of aryl methyl sites for hydroxylation is 1. The lowest BCUT2D eigenvalue weighted by molar-refractivity contribution is 0.249. The van der Waals surface area contributed by atoms with E-state index in [-0.39, 0.29) is 6.61 Å². The van der Waals surface area contributed by atoms with Crippen LogP contribution in [0.2, 0.25) is 0 Å². The van der Waals surface area contributed by atoms with Crippen LogP contribution in [0.4, 0.5) is 0 Å². The Morgan fingerprint density at radius 2 is 2.21 bits per heavy atom. The molecule has 2 aromatic rings. The van der Waals surface area contributed by atoms with Crippen molar-refractivity contribution in [3.63, 3.8) is 0 Å². The zero-order valence-corrected chi connectivity index (χ0v) is 9.47. The average molecular weight is 255 g/mol. The maximum Gasteiger partial charge on any atom is 0.134 e. The third kappa shape index (κ3) is 1.47. The molecule has 1 N–H and O–H groups in total. The van der Waals surface area contributed by atoms with Crippen LogP contribution in [0.15, 0.2) is 27.1 Å². The Morgan fingerprint density at radius 1 is 1.43 bits per heavy atom. The van der Waals surface area contributed by atoms with Crippen molar-refractivity contribution in [2.24, 2.45) is 0 Å². The molecule has 0 amide bonds. The van der Waals surface area contributed by atoms with Crippen molar-refractivity contribution in [2.45, 2.75) is 20.0 Å². The lowest BCUT2D eigenvalue weighted by Crippen LogP contribution is -1.86. The maximum atomic E-state index is 9.11. The summed E-state index contributed by atoms with van der Waals surface area (Å²) >= 11 is 3.42. The summed E-state index contributed by atoms with van der Waals surface area (Å²) in [4.78, 5) is 0. The van der Waals surface area contributed by atoms with Gasteiger partial charge >= 0.3 is 0 Å². The number of halogens is 1. The molecule has 1 aromatic carbocycles. The molecule has 14 heavy (non-hydrogen) atoms. The Labute approximate surface area is 90.7 Å². The van der Waals surface area contributed by atoms with Gasteiger partial charge in [0.25, 0.3) is 0 Å². The van der Waals surface area contributed by atoms with Crippen molar-refractivity contribution in [3.8, 4) is 0 Å². The van der Waals surface area contributed by atoms with E-state index in [2.05, 4.69) is 22.9 Å². The molecule has 0 aliphatic carbocycles. The number of furan rings is 1. The van der Waals surface area contributed by atoms with Gasteiger partial charge in [0, 0.05) is 15.4 Å². The van der Waals surface area contributed by atoms with Gasteiger partial charge in [-0.25, -0.2) is 0 Å². The molecule has 0 bridgehead atoms. The number of hydrogen-bond acceptors (Lipinski definition) is 2. The van der Waals surface area contributed by atoms with Crippen LogP contribution in [-0.2, 0) is 13.0 Å². The van der Waals surface area contributed by atoms with Crippen LogP contribution >= 0.6 is 15.9 Å². The van der Waals surface area contributed by atoms with E-state index in [4.69, 9.17) is 9.52 Å². The lowest BCUT2D eigenvalue weighted by Gasteiger charge is -1.94. The van der Waals surface area contributed by atoms with Crippen LogP contribution in [0, 0.1) is 0 Å². The van der Waals surface area contributed by atoms with Gasteiger partial charge in [0.1, 0.15) is 18.0 Å². The molecule has 0 fully saturated rings. The first kappa shape index (κ1) is 9.74. The summed E-state index contributed by atoms with van der Waals surface area (Å²) in [6.45, 7) is 2.03. The molecule has 0 unspecified atom stereocenters. The van der Waals surface area contributed by atoms with Crippen molar-refractivity contribution in [1.82, 2.24) is 0 Å². The molecule has 0 spiro atoms. The van der Waals surface area contributed by atoms with Crippen LogP contribution in [0.5, 0.6) is 0 Å². The Balaban J connectivity index is 2.74. The number of rotatable bonds is 2. The van der Waals surface area contributed by atoms with Crippen LogP contribution in [0.3, 0.4) is 0 Å². The van der Waals surface area contributed by atoms with Gasteiger partial charge in [-0.1, -0.05) is 22.9 Å². The van der Waals surface area contributed by atoms with Gasteiger partial charge in [-0.05, 0) is 24.6 Å². The van der Waals surface area contributed by atoms with Gasteiger partial charge < -0.3 is 9.52 Å². The molecule has 0 aliphatic heterocycles. The molecule has 2 rings (SSSR count). The fraction of sp³-hybridized carbons (Fsp3) is 0.273. The van der Waals surface area contributed by atoms with Gasteiger partial charge in [0.2, 0.25) is 0 Å². The van der Waals surface area contributed by atoms with Crippen LogP contribution in [0.25, 0.3) is 11.0 Å². The largest absolute Gasteiger partial charge is 0.458 e. The molecule has 0 saturated heterocycles. The molecular formula is C11H11BrO2. The number of aliphatic hydroxyl groups excluding tert-OH is 1. The lowest BCUT2D eigenvalue weighted by atomic mass is 10.1. The van der Waals surface area contributed by atoms with E-state index in [1.807, 2.05) is 18.2 Å². The third-order valence-corrected chi connectivity index (χ3v) is 2.83. The fourth-order valence-corrected chi connectivity index (χ4v) is 2.05. The first-order valence-electron chi connectivity index (χ1n) is 4.57. The molecule has 1 heterocycles. The highest BCUT2D eigenvalue weighted by Gasteiger charge is 2.11. The number of aliphatic hydroxyl groups is 1. The predicted molar refractivity (Wildman–Crippen MR) is 59.2 cm³/mol. The second-order valence-electron chi connectivity index (χ2n) is 3.16. The first-order chi connectivity index (χ1) is 6.76. The van der Waals surface area contributed by atoms with Crippen molar-refractivity contribution >= 4 is 26.9 Å². The third-order valence-electron chi connectivity index (χ3n) is 2.33. The minimum atomic E-state index is -0.0323. The Kier molecular flexibility index (Phi) is 2.61. The van der Waals surface area contributed by atoms with Crippen molar-refractivity contribution in [1.29, 1.82) is 0 Å². The average Bonchev–Trinajstić information content (AvgIpc) is 2.54. The van der Waals surface area contributed by atoms with Gasteiger partial charge in [-0.3, -0.25) is 0 Å². The standard InChI is InChI=1S/C11H11BrO2/c1-2-8-9-5-7(12)3-4-10(9)14-11(8)6-13/h3-5,13H,2,6H2,1H3. The molecule has 0 atom stereocenters. The minimum absolute atomic E-state index is 0.0323. The van der Waals surface area contributed by atoms with E-state index >= 15 is 0 Å². The smallest absolute Gasteiger partial charge is 0.134 e. The summed E-state index contributed by atoms with van der Waals surface area (Å²) in [5.41, 5.74) is 1.94. The summed E-state index contributed by atoms with van der Waals surface area (Å²) in [5, 5.41) is 10.2. The minimum Gasteiger partial charge on any atom is -0.458 e. The molecule has 0 radical (unpaired) electrons. The van der Waals surface area contributed by atoms with E-state index in [0.717, 1.165) is 27.4 Å². The molecule has 0 saturated carbocycles. The quantitative estimate of drug-likeness (QED) is 0.893. The molecule has 1 aromatic heterocycles. The Bertz CT molecular complexity index is 460. The summed E-state index contributed by atoms with van der Waals surface area (Å²) < 4.78 is 6.56. The Hall–Kier alpha value is -0.800. The van der Waals surface area contributed by atoms with Crippen LogP contribution < -0.4 is 0 Å². The first-order valence-corrected chi connectivity index (χ1v) is 5.36. The molecule has 3 heteroatoms. The number of fused-ring (bicyclic) bond motifs is 1. The second kappa shape index (κ2) is 3.75. The zero-order chi connectivity index (χ0) is 10.1. The fourth-order valence-electron chi connectivity index (χ4n) is 1.69. The summed E-state index contributed by atoms with van der Waals surface area (Å²) in [5.74, 6) is 0.681. The molecule has 0 aliphatic rings. The van der Waals surface area contributed by atoms with Crippen molar-refractivity contribution in [2.75, 3.05) is 0 Å². The van der Waals surface area contributed by atoms with Gasteiger partial charge in [0.05, 0.1) is 0 Å². The van der Waals surface area contributed by atoms with E-state index < -0.39 is 0 Å². The van der Waals surface area contributed by atoms with Crippen LogP contribution in [-0.4, -0.2) is 5.11 Å². The number of hydrogen-bond donors (Lipinski definition) is 1. The normalized spacial score (nSPS) is 11.1. The van der Waals surface area contributed by atoms with Crippen LogP contribution in [0.1, 0.15) is 18.2 Å². The van der Waals surface area contributed by atoms with E-state index in [1.165, 1.54) is 0 Å². The summed E-state index contributed by atoms with van der Waals surface area (Å²) in [7, 11) is 0. The SMILES string of the molecule is CCc1c(CO)oc2ccc(Br)cc12. The second-order valence-corrected chi connectivity index (χ2v) is 4.07. The maximum absolute atomic E-state index is 9.11. The monoisotopic (exact) mass is 254 g/mol. The van der Waals surface area contributed by atoms with E-state index in [0.29, 0.717) is 5.76 Å². The Morgan fingerprint density at radius 3 is 2.86 bits per heavy atom. The molecule has 74 valence electrons. The highest BCUT2D eigenvalue weighted by atomic mass is 79.9. The van der Waals surface area contributed by atoms with E-state index in [1.54, 1.807) is 0 Å². The number of benzene rings is 1. The molecule has 2 nitrogen and oxygen atoms in total. The highest BCUT2D eigenvalue weighted by Crippen LogP contribution is 2.28. The van der Waals surface area contributed by atoms with Gasteiger partial charge in [0.15, 0.2) is 0 Å².